The minimum atomic E-state index is -4.34. The van der Waals surface area contributed by atoms with Crippen LogP contribution in [0.1, 0.15) is 24.4 Å². The molecular formula is C21H22F3N4O+. The minimum absolute atomic E-state index is 0.0176. The molecule has 1 atom stereocenters. The molecule has 1 aliphatic rings. The summed E-state index contributed by atoms with van der Waals surface area (Å²) in [4.78, 5) is 23.0. The summed E-state index contributed by atoms with van der Waals surface area (Å²) in [6, 6.07) is 12.7. The van der Waals surface area contributed by atoms with E-state index in [2.05, 4.69) is 9.97 Å². The molecule has 2 N–H and O–H groups in total. The van der Waals surface area contributed by atoms with Gasteiger partial charge in [0.2, 0.25) is 0 Å². The van der Waals surface area contributed by atoms with Crippen molar-refractivity contribution in [3.8, 4) is 0 Å². The lowest BCUT2D eigenvalue weighted by Crippen LogP contribution is -3.14. The van der Waals surface area contributed by atoms with Crippen LogP contribution in [-0.4, -0.2) is 36.1 Å². The van der Waals surface area contributed by atoms with Crippen LogP contribution < -0.4 is 15.4 Å². The summed E-state index contributed by atoms with van der Waals surface area (Å²) < 4.78 is 38.9. The predicted molar refractivity (Wildman–Crippen MR) is 105 cm³/mol. The number of para-hydroxylation sites is 1. The van der Waals surface area contributed by atoms with Gasteiger partial charge < -0.3 is 14.8 Å². The molecule has 2 aromatic carbocycles. The van der Waals surface area contributed by atoms with E-state index >= 15 is 0 Å². The molecule has 0 amide bonds. The molecule has 8 heteroatoms. The molecule has 152 valence electrons. The summed E-state index contributed by atoms with van der Waals surface area (Å²) in [6.07, 6.45) is -4.34. The maximum absolute atomic E-state index is 13.0. The number of anilines is 1. The molecule has 0 radical (unpaired) electrons. The smallest absolute Gasteiger partial charge is 0.360 e. The van der Waals surface area contributed by atoms with Gasteiger partial charge in [0.25, 0.3) is 5.56 Å². The van der Waals surface area contributed by atoms with Crippen molar-refractivity contribution in [2.24, 2.45) is 0 Å². The second-order valence-electron chi connectivity index (χ2n) is 7.38. The van der Waals surface area contributed by atoms with Crippen LogP contribution in [0.15, 0.2) is 53.3 Å². The lowest BCUT2D eigenvalue weighted by Gasteiger charge is -2.36. The van der Waals surface area contributed by atoms with Crippen LogP contribution >= 0.6 is 0 Å². The molecule has 1 aliphatic heterocycles. The minimum Gasteiger partial charge on any atom is -0.360 e. The fourth-order valence-electron chi connectivity index (χ4n) is 3.87. The molecule has 0 unspecified atom stereocenters. The Morgan fingerprint density at radius 2 is 1.83 bits per heavy atom. The predicted octanol–water partition coefficient (Wildman–Crippen LogP) is 2.41. The summed E-state index contributed by atoms with van der Waals surface area (Å²) >= 11 is 0. The van der Waals surface area contributed by atoms with E-state index in [-0.39, 0.29) is 11.6 Å². The lowest BCUT2D eigenvalue weighted by atomic mass is 10.1. The Balaban J connectivity index is 1.48. The fraction of sp³-hybridized carbons (Fsp3) is 0.333. The number of hydrogen-bond donors (Lipinski definition) is 2. The van der Waals surface area contributed by atoms with Crippen molar-refractivity contribution in [2.45, 2.75) is 19.1 Å². The molecule has 0 aliphatic carbocycles. The van der Waals surface area contributed by atoms with Crippen molar-refractivity contribution in [1.29, 1.82) is 0 Å². The quantitative estimate of drug-likeness (QED) is 0.706. The lowest BCUT2D eigenvalue weighted by molar-refractivity contribution is -0.930. The van der Waals surface area contributed by atoms with E-state index in [1.54, 1.807) is 18.2 Å². The Morgan fingerprint density at radius 1 is 1.10 bits per heavy atom. The van der Waals surface area contributed by atoms with Crippen molar-refractivity contribution in [1.82, 2.24) is 9.97 Å². The summed E-state index contributed by atoms with van der Waals surface area (Å²) in [5, 5.41) is 0.563. The highest BCUT2D eigenvalue weighted by Crippen LogP contribution is 2.31. The third-order valence-electron chi connectivity index (χ3n) is 5.60. The van der Waals surface area contributed by atoms with E-state index in [9.17, 15) is 18.0 Å². The highest BCUT2D eigenvalue weighted by Gasteiger charge is 2.32. The first-order valence-corrected chi connectivity index (χ1v) is 9.58. The zero-order valence-electron chi connectivity index (χ0n) is 16.0. The molecule has 0 spiro atoms. The number of alkyl halides is 3. The molecular weight excluding hydrogens is 381 g/mol. The van der Waals surface area contributed by atoms with Gasteiger partial charge in [-0.05, 0) is 37.3 Å². The summed E-state index contributed by atoms with van der Waals surface area (Å²) in [7, 11) is 0. The van der Waals surface area contributed by atoms with Crippen molar-refractivity contribution in [2.75, 3.05) is 31.1 Å². The van der Waals surface area contributed by atoms with Gasteiger partial charge in [-0.1, -0.05) is 18.2 Å². The topological polar surface area (TPSA) is 53.4 Å². The number of benzene rings is 2. The van der Waals surface area contributed by atoms with Gasteiger partial charge in [-0.2, -0.15) is 13.2 Å². The maximum Gasteiger partial charge on any atom is 0.416 e. The molecule has 2 heterocycles. The second-order valence-corrected chi connectivity index (χ2v) is 7.38. The SMILES string of the molecule is C[C@@H](c1nc2ccccc2c(=O)[nH]1)[NH+]1CCN(c2cccc(C(F)(F)F)c2)CC1. The third kappa shape index (κ3) is 3.98. The monoisotopic (exact) mass is 403 g/mol. The van der Waals surface area contributed by atoms with Crippen LogP contribution in [0.4, 0.5) is 18.9 Å². The number of aromatic amines is 1. The van der Waals surface area contributed by atoms with Crippen LogP contribution in [0.2, 0.25) is 0 Å². The van der Waals surface area contributed by atoms with Crippen molar-refractivity contribution < 1.29 is 18.1 Å². The van der Waals surface area contributed by atoms with E-state index in [4.69, 9.17) is 0 Å². The van der Waals surface area contributed by atoms with E-state index in [1.165, 1.54) is 17.0 Å². The summed E-state index contributed by atoms with van der Waals surface area (Å²) in [6.45, 7) is 4.78. The van der Waals surface area contributed by atoms with E-state index in [0.717, 1.165) is 19.2 Å². The number of H-pyrrole nitrogens is 1. The molecule has 1 saturated heterocycles. The Labute approximate surface area is 165 Å². The van der Waals surface area contributed by atoms with E-state index in [0.29, 0.717) is 35.5 Å². The van der Waals surface area contributed by atoms with Crippen molar-refractivity contribution in [3.05, 3.63) is 70.3 Å². The Kier molecular flexibility index (Phi) is 5.04. The largest absolute Gasteiger partial charge is 0.416 e. The number of nitrogens with zero attached hydrogens (tertiary/aromatic N) is 2. The molecule has 1 fully saturated rings. The van der Waals surface area contributed by atoms with Gasteiger partial charge in [-0.3, -0.25) is 4.79 Å². The molecule has 4 rings (SSSR count). The zero-order chi connectivity index (χ0) is 20.6. The highest BCUT2D eigenvalue weighted by molar-refractivity contribution is 5.77. The van der Waals surface area contributed by atoms with Gasteiger partial charge in [-0.15, -0.1) is 0 Å². The van der Waals surface area contributed by atoms with Crippen LogP contribution in [0, 0.1) is 0 Å². The van der Waals surface area contributed by atoms with E-state index < -0.39 is 11.7 Å². The van der Waals surface area contributed by atoms with E-state index in [1.807, 2.05) is 24.0 Å². The summed E-state index contributed by atoms with van der Waals surface area (Å²) in [5.41, 5.74) is 0.472. The van der Waals surface area contributed by atoms with Crippen LogP contribution in [0.5, 0.6) is 0 Å². The number of quaternary nitrogens is 1. The number of aromatic nitrogens is 2. The number of rotatable bonds is 3. The number of halogens is 3. The van der Waals surface area contributed by atoms with Crippen LogP contribution in [-0.2, 0) is 6.18 Å². The third-order valence-corrected chi connectivity index (χ3v) is 5.60. The first kappa shape index (κ1) is 19.4. The second kappa shape index (κ2) is 7.51. The average molecular weight is 403 g/mol. The van der Waals surface area contributed by atoms with Crippen LogP contribution in [0.25, 0.3) is 10.9 Å². The Hall–Kier alpha value is -2.87. The maximum atomic E-state index is 13.0. The molecule has 0 bridgehead atoms. The first-order chi connectivity index (χ1) is 13.8. The summed E-state index contributed by atoms with van der Waals surface area (Å²) in [5.74, 6) is 0.635. The normalized spacial score (nSPS) is 16.9. The first-order valence-electron chi connectivity index (χ1n) is 9.58. The van der Waals surface area contributed by atoms with Gasteiger partial charge in [-0.25, -0.2) is 4.98 Å². The van der Waals surface area contributed by atoms with Gasteiger partial charge in [0, 0.05) is 5.69 Å². The number of piperazine rings is 1. The average Bonchev–Trinajstić information content (AvgIpc) is 2.73. The molecule has 29 heavy (non-hydrogen) atoms. The van der Waals surface area contributed by atoms with Gasteiger partial charge >= 0.3 is 6.18 Å². The number of hydrogen-bond acceptors (Lipinski definition) is 3. The van der Waals surface area contributed by atoms with Crippen molar-refractivity contribution >= 4 is 16.6 Å². The molecule has 3 aromatic rings. The fourth-order valence-corrected chi connectivity index (χ4v) is 3.87. The molecule has 1 aromatic heterocycles. The van der Waals surface area contributed by atoms with Crippen molar-refractivity contribution in [3.63, 3.8) is 0 Å². The van der Waals surface area contributed by atoms with Gasteiger partial charge in [0.1, 0.15) is 6.04 Å². The molecule has 5 nitrogen and oxygen atoms in total. The number of fused-ring (bicyclic) bond motifs is 1. The van der Waals surface area contributed by atoms with Crippen LogP contribution in [0.3, 0.4) is 0 Å². The Morgan fingerprint density at radius 3 is 2.55 bits per heavy atom. The Bertz CT molecular complexity index is 1070. The number of nitrogens with one attached hydrogen (secondary N) is 2. The highest BCUT2D eigenvalue weighted by atomic mass is 19.4. The zero-order valence-corrected chi connectivity index (χ0v) is 16.0. The van der Waals surface area contributed by atoms with Gasteiger partial charge in [0.15, 0.2) is 5.82 Å². The van der Waals surface area contributed by atoms with Gasteiger partial charge in [0.05, 0.1) is 42.6 Å². The molecule has 0 saturated carbocycles. The standard InChI is InChI=1S/C21H21F3N4O/c1-14(19-25-18-8-3-2-7-17(18)20(29)26-19)27-9-11-28(12-10-27)16-6-4-5-15(13-16)21(22,23)24/h2-8,13-14H,9-12H2,1H3,(H,25,26,29)/p+1/t14-/m0/s1.